The van der Waals surface area contributed by atoms with Crippen LogP contribution in [0.3, 0.4) is 0 Å². The maximum atomic E-state index is 5.33. The lowest BCUT2D eigenvalue weighted by Crippen LogP contribution is -2.01. The number of hydrogen-bond donors (Lipinski definition) is 1. The zero-order chi connectivity index (χ0) is 11.7. The average molecular weight is 245 g/mol. The molecule has 0 amide bonds. The van der Waals surface area contributed by atoms with Gasteiger partial charge in [0.15, 0.2) is 11.6 Å². The lowest BCUT2D eigenvalue weighted by molar-refractivity contribution is 0.578. The zero-order valence-corrected chi connectivity index (χ0v) is 10.1. The van der Waals surface area contributed by atoms with Gasteiger partial charge in [0.1, 0.15) is 10.6 Å². The van der Waals surface area contributed by atoms with Gasteiger partial charge in [-0.1, -0.05) is 0 Å². The van der Waals surface area contributed by atoms with E-state index in [1.807, 2.05) is 30.5 Å². The summed E-state index contributed by atoms with van der Waals surface area (Å²) in [4.78, 5) is 9.96. The van der Waals surface area contributed by atoms with Crippen LogP contribution in [0, 0.1) is 0 Å². The topological polar surface area (TPSA) is 51.0 Å². The molecule has 0 aromatic carbocycles. The SMILES string of the molecule is CCNc1nc(-c2ccco2)nc2sccc12. The van der Waals surface area contributed by atoms with Crippen LogP contribution in [0.4, 0.5) is 5.82 Å². The summed E-state index contributed by atoms with van der Waals surface area (Å²) < 4.78 is 5.33. The predicted molar refractivity (Wildman–Crippen MR) is 69.3 cm³/mol. The summed E-state index contributed by atoms with van der Waals surface area (Å²) in [6, 6.07) is 5.73. The molecule has 1 N–H and O–H groups in total. The summed E-state index contributed by atoms with van der Waals surface area (Å²) in [7, 11) is 0. The van der Waals surface area contributed by atoms with Gasteiger partial charge in [0.2, 0.25) is 0 Å². The molecule has 0 aliphatic rings. The summed E-state index contributed by atoms with van der Waals surface area (Å²) in [5.74, 6) is 2.19. The third-order valence-corrected chi connectivity index (χ3v) is 3.22. The van der Waals surface area contributed by atoms with Crippen molar-refractivity contribution in [2.45, 2.75) is 6.92 Å². The Bertz CT molecular complexity index is 630. The predicted octanol–water partition coefficient (Wildman–Crippen LogP) is 3.38. The quantitative estimate of drug-likeness (QED) is 0.768. The molecule has 0 atom stereocenters. The van der Waals surface area contributed by atoms with Gasteiger partial charge in [0.05, 0.1) is 11.6 Å². The lowest BCUT2D eigenvalue weighted by atomic mass is 10.3. The minimum Gasteiger partial charge on any atom is -0.461 e. The Balaban J connectivity index is 2.20. The van der Waals surface area contributed by atoms with E-state index in [9.17, 15) is 0 Å². The Labute approximate surface area is 102 Å². The van der Waals surface area contributed by atoms with E-state index >= 15 is 0 Å². The second kappa shape index (κ2) is 4.18. The van der Waals surface area contributed by atoms with E-state index < -0.39 is 0 Å². The van der Waals surface area contributed by atoms with E-state index in [-0.39, 0.29) is 0 Å². The molecule has 86 valence electrons. The summed E-state index contributed by atoms with van der Waals surface area (Å²) in [5, 5.41) is 6.33. The highest BCUT2D eigenvalue weighted by molar-refractivity contribution is 7.16. The van der Waals surface area contributed by atoms with Crippen LogP contribution in [0.5, 0.6) is 0 Å². The zero-order valence-electron chi connectivity index (χ0n) is 9.30. The Morgan fingerprint density at radius 1 is 1.35 bits per heavy atom. The molecule has 3 aromatic rings. The fourth-order valence-electron chi connectivity index (χ4n) is 1.67. The van der Waals surface area contributed by atoms with Crippen LogP contribution < -0.4 is 5.32 Å². The summed E-state index contributed by atoms with van der Waals surface area (Å²) in [6.45, 7) is 2.88. The highest BCUT2D eigenvalue weighted by Crippen LogP contribution is 2.28. The molecule has 0 saturated carbocycles. The van der Waals surface area contributed by atoms with Crippen molar-refractivity contribution in [2.24, 2.45) is 0 Å². The second-order valence-electron chi connectivity index (χ2n) is 3.54. The number of anilines is 1. The van der Waals surface area contributed by atoms with Gasteiger partial charge in [-0.3, -0.25) is 0 Å². The molecule has 0 radical (unpaired) electrons. The molecule has 0 aliphatic carbocycles. The van der Waals surface area contributed by atoms with Gasteiger partial charge in [-0.15, -0.1) is 11.3 Å². The van der Waals surface area contributed by atoms with Crippen LogP contribution in [-0.4, -0.2) is 16.5 Å². The first kappa shape index (κ1) is 10.3. The van der Waals surface area contributed by atoms with Gasteiger partial charge in [-0.05, 0) is 30.5 Å². The van der Waals surface area contributed by atoms with Crippen LogP contribution in [-0.2, 0) is 0 Å². The molecule has 4 nitrogen and oxygen atoms in total. The van der Waals surface area contributed by atoms with E-state index in [1.165, 1.54) is 0 Å². The smallest absolute Gasteiger partial charge is 0.199 e. The Morgan fingerprint density at radius 3 is 3.06 bits per heavy atom. The van der Waals surface area contributed by atoms with Crippen molar-refractivity contribution >= 4 is 27.4 Å². The van der Waals surface area contributed by atoms with Crippen molar-refractivity contribution in [1.82, 2.24) is 9.97 Å². The minimum absolute atomic E-state index is 0.626. The van der Waals surface area contributed by atoms with E-state index in [0.717, 1.165) is 22.6 Å². The van der Waals surface area contributed by atoms with E-state index in [0.29, 0.717) is 11.6 Å². The molecular weight excluding hydrogens is 234 g/mol. The Kier molecular flexibility index (Phi) is 2.53. The fourth-order valence-corrected chi connectivity index (χ4v) is 2.44. The van der Waals surface area contributed by atoms with Crippen LogP contribution in [0.25, 0.3) is 21.8 Å². The number of nitrogens with one attached hydrogen (secondary N) is 1. The molecular formula is C12H11N3OS. The van der Waals surface area contributed by atoms with Gasteiger partial charge in [0, 0.05) is 6.54 Å². The molecule has 5 heteroatoms. The molecule has 17 heavy (non-hydrogen) atoms. The molecule has 3 rings (SSSR count). The Morgan fingerprint density at radius 2 is 2.29 bits per heavy atom. The standard InChI is InChI=1S/C12H11N3OS/c1-2-13-10-8-5-7-17-12(8)15-11(14-10)9-4-3-6-16-9/h3-7H,2H2,1H3,(H,13,14,15). The molecule has 0 aliphatic heterocycles. The van der Waals surface area contributed by atoms with Crippen molar-refractivity contribution in [3.63, 3.8) is 0 Å². The fraction of sp³-hybridized carbons (Fsp3) is 0.167. The number of hydrogen-bond acceptors (Lipinski definition) is 5. The normalized spacial score (nSPS) is 10.9. The van der Waals surface area contributed by atoms with Crippen molar-refractivity contribution in [1.29, 1.82) is 0 Å². The van der Waals surface area contributed by atoms with Crippen molar-refractivity contribution in [3.05, 3.63) is 29.8 Å². The van der Waals surface area contributed by atoms with Crippen LogP contribution in [0.1, 0.15) is 6.92 Å². The molecule has 3 heterocycles. The van der Waals surface area contributed by atoms with Crippen molar-refractivity contribution in [3.8, 4) is 11.6 Å². The van der Waals surface area contributed by atoms with Gasteiger partial charge in [0.25, 0.3) is 0 Å². The van der Waals surface area contributed by atoms with Crippen LogP contribution >= 0.6 is 11.3 Å². The first-order valence-electron chi connectivity index (χ1n) is 5.41. The summed E-state index contributed by atoms with van der Waals surface area (Å²) in [6.07, 6.45) is 1.63. The number of rotatable bonds is 3. The number of aromatic nitrogens is 2. The molecule has 0 spiro atoms. The maximum absolute atomic E-state index is 5.33. The van der Waals surface area contributed by atoms with Crippen LogP contribution in [0.2, 0.25) is 0 Å². The van der Waals surface area contributed by atoms with E-state index in [1.54, 1.807) is 17.6 Å². The first-order chi connectivity index (χ1) is 8.38. The highest BCUT2D eigenvalue weighted by Gasteiger charge is 2.11. The van der Waals surface area contributed by atoms with E-state index in [2.05, 4.69) is 15.3 Å². The van der Waals surface area contributed by atoms with E-state index in [4.69, 9.17) is 4.42 Å². The van der Waals surface area contributed by atoms with Crippen LogP contribution in [0.15, 0.2) is 34.3 Å². The van der Waals surface area contributed by atoms with Gasteiger partial charge in [-0.2, -0.15) is 0 Å². The third-order valence-electron chi connectivity index (χ3n) is 2.41. The largest absolute Gasteiger partial charge is 0.461 e. The molecule has 0 bridgehead atoms. The maximum Gasteiger partial charge on any atom is 0.199 e. The average Bonchev–Trinajstić information content (AvgIpc) is 3.00. The van der Waals surface area contributed by atoms with Crippen molar-refractivity contribution in [2.75, 3.05) is 11.9 Å². The number of furan rings is 1. The highest BCUT2D eigenvalue weighted by atomic mass is 32.1. The molecule has 0 saturated heterocycles. The van der Waals surface area contributed by atoms with Crippen molar-refractivity contribution < 1.29 is 4.42 Å². The molecule has 0 fully saturated rings. The summed E-state index contributed by atoms with van der Waals surface area (Å²) in [5.41, 5.74) is 0. The van der Waals surface area contributed by atoms with Gasteiger partial charge < -0.3 is 9.73 Å². The number of thiophene rings is 1. The summed E-state index contributed by atoms with van der Waals surface area (Å²) >= 11 is 1.61. The van der Waals surface area contributed by atoms with Gasteiger partial charge >= 0.3 is 0 Å². The lowest BCUT2D eigenvalue weighted by Gasteiger charge is -2.05. The molecule has 3 aromatic heterocycles. The molecule has 0 unspecified atom stereocenters. The van der Waals surface area contributed by atoms with Gasteiger partial charge in [-0.25, -0.2) is 9.97 Å². The number of nitrogens with zero attached hydrogens (tertiary/aromatic N) is 2. The second-order valence-corrected chi connectivity index (χ2v) is 4.44. The minimum atomic E-state index is 0.626. The third kappa shape index (κ3) is 1.78. The number of fused-ring (bicyclic) bond motifs is 1. The monoisotopic (exact) mass is 245 g/mol. The first-order valence-corrected chi connectivity index (χ1v) is 6.29. The Hall–Kier alpha value is -1.88.